The van der Waals surface area contributed by atoms with Crippen LogP contribution in [-0.4, -0.2) is 15.0 Å². The molecule has 0 amide bonds. The van der Waals surface area contributed by atoms with Crippen LogP contribution in [0.1, 0.15) is 0 Å². The van der Waals surface area contributed by atoms with E-state index in [1.54, 1.807) is 0 Å². The molecule has 1 heterocycles. The number of aromatic nitrogens is 3. The lowest BCUT2D eigenvalue weighted by Gasteiger charge is -2.20. The maximum atomic E-state index is 5.20. The van der Waals surface area contributed by atoms with Crippen molar-refractivity contribution in [3.8, 4) is 34.2 Å². The SMILES string of the molecule is c1ccc(P(c2ccccc2)c2ccc(-c3nc(-c4ccc(P(c5ccccc5)c5ccccc5)cc4)nc(-c4ccc(P(c5ccccc5)c5ccccc5)cc4)n3)cc2)cc1. The topological polar surface area (TPSA) is 38.7 Å². The molecule has 0 bridgehead atoms. The van der Waals surface area contributed by atoms with Crippen molar-refractivity contribution in [2.24, 2.45) is 0 Å². The first-order valence-electron chi connectivity index (χ1n) is 21.0. The molecular weight excluding hydrogens is 820 g/mol. The summed E-state index contributed by atoms with van der Waals surface area (Å²) in [6, 6.07) is 91.4. The van der Waals surface area contributed by atoms with E-state index in [0.717, 1.165) is 16.7 Å². The predicted octanol–water partition coefficient (Wildman–Crippen LogP) is 10.1. The molecule has 6 heteroatoms. The van der Waals surface area contributed by atoms with Crippen molar-refractivity contribution in [2.75, 3.05) is 0 Å². The van der Waals surface area contributed by atoms with Gasteiger partial charge in [0.25, 0.3) is 0 Å². The van der Waals surface area contributed by atoms with E-state index in [-0.39, 0.29) is 0 Å². The summed E-state index contributed by atoms with van der Waals surface area (Å²) in [5.74, 6) is 1.93. The maximum absolute atomic E-state index is 5.20. The number of hydrogen-bond acceptors (Lipinski definition) is 3. The van der Waals surface area contributed by atoms with Crippen LogP contribution in [0.15, 0.2) is 255 Å². The second kappa shape index (κ2) is 19.1. The monoisotopic (exact) mass is 861 g/mol. The molecule has 9 aromatic carbocycles. The van der Waals surface area contributed by atoms with Crippen molar-refractivity contribution in [1.29, 1.82) is 0 Å². The third-order valence-corrected chi connectivity index (χ3v) is 18.2. The summed E-state index contributed by atoms with van der Waals surface area (Å²) >= 11 is 0. The molecule has 0 aliphatic rings. The maximum Gasteiger partial charge on any atom is 0.164 e. The fraction of sp³-hybridized carbons (Fsp3) is 0. The molecule has 1 aromatic heterocycles. The minimum absolute atomic E-state index is 0.644. The van der Waals surface area contributed by atoms with Gasteiger partial charge in [-0.25, -0.2) is 15.0 Å². The van der Waals surface area contributed by atoms with Crippen molar-refractivity contribution in [2.45, 2.75) is 0 Å². The number of nitrogens with zero attached hydrogens (tertiary/aromatic N) is 3. The van der Waals surface area contributed by atoms with Crippen LogP contribution >= 0.6 is 23.8 Å². The zero-order chi connectivity index (χ0) is 42.2. The summed E-state index contributed by atoms with van der Waals surface area (Å²) in [6.45, 7) is 0. The highest BCUT2D eigenvalue weighted by atomic mass is 31.1. The molecule has 0 saturated heterocycles. The van der Waals surface area contributed by atoms with Crippen LogP contribution < -0.4 is 47.7 Å². The van der Waals surface area contributed by atoms with E-state index >= 15 is 0 Å². The van der Waals surface area contributed by atoms with Crippen molar-refractivity contribution in [3.05, 3.63) is 255 Å². The number of rotatable bonds is 12. The highest BCUT2D eigenvalue weighted by Crippen LogP contribution is 2.36. The Balaban J connectivity index is 1.05. The Bertz CT molecular complexity index is 2550. The van der Waals surface area contributed by atoms with Crippen molar-refractivity contribution in [1.82, 2.24) is 15.0 Å². The summed E-state index contributed by atoms with van der Waals surface area (Å²) in [7, 11) is -2.24. The molecule has 0 spiro atoms. The molecule has 300 valence electrons. The molecule has 0 N–H and O–H groups in total. The molecule has 0 atom stereocenters. The van der Waals surface area contributed by atoms with Crippen molar-refractivity contribution in [3.63, 3.8) is 0 Å². The van der Waals surface area contributed by atoms with Gasteiger partial charge in [-0.3, -0.25) is 0 Å². The predicted molar refractivity (Wildman–Crippen MR) is 272 cm³/mol. The van der Waals surface area contributed by atoms with E-state index in [9.17, 15) is 0 Å². The Labute approximate surface area is 373 Å². The zero-order valence-corrected chi connectivity index (χ0v) is 37.1. The van der Waals surface area contributed by atoms with E-state index in [0.29, 0.717) is 17.5 Å². The lowest BCUT2D eigenvalue weighted by molar-refractivity contribution is 1.07. The van der Waals surface area contributed by atoms with E-state index < -0.39 is 23.8 Å². The van der Waals surface area contributed by atoms with E-state index in [1.165, 1.54) is 47.7 Å². The smallest absolute Gasteiger partial charge is 0.164 e. The van der Waals surface area contributed by atoms with Crippen molar-refractivity contribution >= 4 is 71.5 Å². The zero-order valence-electron chi connectivity index (χ0n) is 34.4. The van der Waals surface area contributed by atoms with E-state index in [4.69, 9.17) is 15.0 Å². The molecule has 0 aliphatic heterocycles. The lowest BCUT2D eigenvalue weighted by atomic mass is 10.1. The minimum Gasteiger partial charge on any atom is -0.208 e. The van der Waals surface area contributed by atoms with Gasteiger partial charge in [0.1, 0.15) is 0 Å². The molecule has 0 saturated carbocycles. The molecule has 0 fully saturated rings. The normalized spacial score (nSPS) is 11.3. The van der Waals surface area contributed by atoms with Gasteiger partial charge < -0.3 is 0 Å². The summed E-state index contributed by atoms with van der Waals surface area (Å²) in [5, 5.41) is 11.7. The van der Waals surface area contributed by atoms with Crippen molar-refractivity contribution < 1.29 is 0 Å². The van der Waals surface area contributed by atoms with Gasteiger partial charge in [-0.1, -0.05) is 255 Å². The molecule has 3 nitrogen and oxygen atoms in total. The molecule has 63 heavy (non-hydrogen) atoms. The Morgan fingerprint density at radius 3 is 0.508 bits per heavy atom. The van der Waals surface area contributed by atoms with E-state index in [2.05, 4.69) is 255 Å². The van der Waals surface area contributed by atoms with Gasteiger partial charge in [0.15, 0.2) is 17.5 Å². The first-order valence-corrected chi connectivity index (χ1v) is 25.1. The first-order chi connectivity index (χ1) is 31.2. The lowest BCUT2D eigenvalue weighted by Crippen LogP contribution is -2.20. The van der Waals surface area contributed by atoms with Gasteiger partial charge in [-0.15, -0.1) is 0 Å². The highest BCUT2D eigenvalue weighted by Gasteiger charge is 2.21. The van der Waals surface area contributed by atoms with Gasteiger partial charge >= 0.3 is 0 Å². The van der Waals surface area contributed by atoms with Gasteiger partial charge in [-0.05, 0) is 71.5 Å². The van der Waals surface area contributed by atoms with Crippen LogP contribution in [0, 0.1) is 0 Å². The third kappa shape index (κ3) is 9.11. The molecule has 0 aliphatic carbocycles. The summed E-state index contributed by atoms with van der Waals surface area (Å²) in [5.41, 5.74) is 2.84. The first kappa shape index (κ1) is 40.4. The van der Waals surface area contributed by atoms with Crippen LogP contribution in [0.4, 0.5) is 0 Å². The molecule has 10 rings (SSSR count). The fourth-order valence-electron chi connectivity index (χ4n) is 7.85. The Morgan fingerprint density at radius 2 is 0.333 bits per heavy atom. The summed E-state index contributed by atoms with van der Waals surface area (Å²) in [4.78, 5) is 15.6. The molecular formula is C57H42N3P3. The van der Waals surface area contributed by atoms with Crippen LogP contribution in [-0.2, 0) is 0 Å². The van der Waals surface area contributed by atoms with Gasteiger partial charge in [0.05, 0.1) is 0 Å². The molecule has 0 unspecified atom stereocenters. The average molecular weight is 862 g/mol. The van der Waals surface area contributed by atoms with Crippen LogP contribution in [0.5, 0.6) is 0 Å². The van der Waals surface area contributed by atoms with Gasteiger partial charge in [0.2, 0.25) is 0 Å². The Kier molecular flexibility index (Phi) is 12.3. The van der Waals surface area contributed by atoms with E-state index in [1.807, 2.05) is 0 Å². The fourth-order valence-corrected chi connectivity index (χ4v) is 14.7. The number of benzene rings is 9. The minimum atomic E-state index is -0.747. The van der Waals surface area contributed by atoms with Crippen LogP contribution in [0.25, 0.3) is 34.2 Å². The number of hydrogen-bond donors (Lipinski definition) is 0. The largest absolute Gasteiger partial charge is 0.208 e. The van der Waals surface area contributed by atoms with Crippen LogP contribution in [0.2, 0.25) is 0 Å². The standard InChI is InChI=1S/C57H42N3P3/c1-7-19-46(20-8-1)61(47-21-9-2-10-22-47)52-37-31-43(32-38-52)55-58-56(44-33-39-53(40-34-44)62(48-23-11-3-12-24-48)49-25-13-4-14-26-49)60-57(59-55)45-35-41-54(42-36-45)63(50-27-15-5-16-28-50)51-29-17-6-18-30-51/h1-42H. The average Bonchev–Trinajstić information content (AvgIpc) is 3.37. The van der Waals surface area contributed by atoms with Crippen LogP contribution in [0.3, 0.4) is 0 Å². The second-order valence-corrected chi connectivity index (χ2v) is 21.6. The molecule has 10 aromatic rings. The summed E-state index contributed by atoms with van der Waals surface area (Å²) < 4.78 is 0. The second-order valence-electron chi connectivity index (χ2n) is 15.0. The quantitative estimate of drug-likeness (QED) is 0.115. The third-order valence-electron chi connectivity index (χ3n) is 10.9. The van der Waals surface area contributed by atoms with Gasteiger partial charge in [-0.2, -0.15) is 0 Å². The Hall–Kier alpha value is -6.72. The summed E-state index contributed by atoms with van der Waals surface area (Å²) in [6.07, 6.45) is 0. The Morgan fingerprint density at radius 1 is 0.175 bits per heavy atom. The van der Waals surface area contributed by atoms with Gasteiger partial charge in [0, 0.05) is 16.7 Å². The molecule has 0 radical (unpaired) electrons. The highest BCUT2D eigenvalue weighted by molar-refractivity contribution is 7.80.